The van der Waals surface area contributed by atoms with Crippen LogP contribution in [0, 0.1) is 5.41 Å². The Morgan fingerprint density at radius 3 is 2.05 bits per heavy atom. The normalized spacial score (nSPS) is 21.7. The van der Waals surface area contributed by atoms with Crippen LogP contribution in [-0.2, 0) is 0 Å². The first-order valence-electron chi connectivity index (χ1n) is 8.72. The Balaban J connectivity index is 2.69. The first-order valence-corrected chi connectivity index (χ1v) is 8.72. The summed E-state index contributed by atoms with van der Waals surface area (Å²) in [5.41, 5.74) is 0.902. The van der Waals surface area contributed by atoms with E-state index in [0.29, 0.717) is 11.0 Å². The van der Waals surface area contributed by atoms with Gasteiger partial charge in [0.15, 0.2) is 0 Å². The molecule has 0 radical (unpaired) electrons. The molecule has 1 N–H and O–H groups in total. The predicted molar refractivity (Wildman–Crippen MR) is 93.9 cm³/mol. The molecule has 126 valence electrons. The molecule has 21 heavy (non-hydrogen) atoms. The Bertz CT molecular complexity index is 313. The molecule has 0 aromatic rings. The van der Waals surface area contributed by atoms with Gasteiger partial charge in [-0.25, -0.2) is 0 Å². The van der Waals surface area contributed by atoms with Crippen molar-refractivity contribution < 1.29 is 0 Å². The molecule has 0 aliphatic carbocycles. The number of likely N-dealkylation sites (N-methyl/N-ethyl adjacent to an activating group) is 1. The topological polar surface area (TPSA) is 18.5 Å². The van der Waals surface area contributed by atoms with Crippen LogP contribution in [0.2, 0.25) is 0 Å². The number of nitrogens with one attached hydrogen (secondary N) is 1. The van der Waals surface area contributed by atoms with Crippen LogP contribution in [0.25, 0.3) is 0 Å². The summed E-state index contributed by atoms with van der Waals surface area (Å²) in [6.07, 6.45) is 2.50. The molecule has 0 atom stereocenters. The van der Waals surface area contributed by atoms with Crippen LogP contribution >= 0.6 is 0 Å². The summed E-state index contributed by atoms with van der Waals surface area (Å²) < 4.78 is 0. The lowest BCUT2D eigenvalue weighted by Gasteiger charge is -2.48. The molecule has 1 rings (SSSR count). The smallest absolute Gasteiger partial charge is 0.0277 e. The van der Waals surface area contributed by atoms with E-state index in [9.17, 15) is 0 Å². The zero-order valence-corrected chi connectivity index (χ0v) is 15.8. The zero-order valence-electron chi connectivity index (χ0n) is 15.8. The Hall–Kier alpha value is -0.120. The molecule has 0 aromatic carbocycles. The Morgan fingerprint density at radius 2 is 1.62 bits per heavy atom. The van der Waals surface area contributed by atoms with Crippen LogP contribution in [0.15, 0.2) is 0 Å². The summed E-state index contributed by atoms with van der Waals surface area (Å²) in [7, 11) is 2.26. The van der Waals surface area contributed by atoms with E-state index in [0.717, 1.165) is 6.54 Å². The van der Waals surface area contributed by atoms with Crippen LogP contribution in [0.4, 0.5) is 0 Å². The highest BCUT2D eigenvalue weighted by Crippen LogP contribution is 2.30. The van der Waals surface area contributed by atoms with Gasteiger partial charge in [0.25, 0.3) is 0 Å². The van der Waals surface area contributed by atoms with Gasteiger partial charge in [-0.05, 0) is 59.9 Å². The fourth-order valence-corrected chi connectivity index (χ4v) is 3.18. The molecule has 0 amide bonds. The molecule has 0 bridgehead atoms. The number of hydrogen-bond donors (Lipinski definition) is 1. The summed E-state index contributed by atoms with van der Waals surface area (Å²) >= 11 is 0. The number of hydrogen-bond acceptors (Lipinski definition) is 3. The zero-order chi connectivity index (χ0) is 16.3. The largest absolute Gasteiger partial charge is 0.311 e. The van der Waals surface area contributed by atoms with Gasteiger partial charge in [0.05, 0.1) is 0 Å². The molecular formula is C18H39N3. The van der Waals surface area contributed by atoms with Gasteiger partial charge < -0.3 is 5.32 Å². The van der Waals surface area contributed by atoms with E-state index in [2.05, 4.69) is 70.6 Å². The van der Waals surface area contributed by atoms with Gasteiger partial charge in [-0.1, -0.05) is 13.8 Å². The lowest BCUT2D eigenvalue weighted by atomic mass is 9.80. The van der Waals surface area contributed by atoms with E-state index in [4.69, 9.17) is 0 Å². The van der Waals surface area contributed by atoms with Gasteiger partial charge in [-0.3, -0.25) is 9.80 Å². The molecule has 1 fully saturated rings. The van der Waals surface area contributed by atoms with Crippen molar-refractivity contribution >= 4 is 0 Å². The standard InChI is InChI=1S/C18H39N3/c1-9-18(10-2,13-19-16(3,4)5)15-21-12-11-20(8)17(6,7)14-21/h19H,9-15H2,1-8H3. The van der Waals surface area contributed by atoms with Gasteiger partial charge in [-0.2, -0.15) is 0 Å². The lowest BCUT2D eigenvalue weighted by Crippen LogP contribution is -2.60. The molecule has 3 nitrogen and oxygen atoms in total. The van der Waals surface area contributed by atoms with Crippen molar-refractivity contribution in [3.63, 3.8) is 0 Å². The van der Waals surface area contributed by atoms with Crippen LogP contribution in [0.5, 0.6) is 0 Å². The third kappa shape index (κ3) is 5.54. The first kappa shape index (κ1) is 18.9. The second-order valence-electron chi connectivity index (χ2n) is 8.76. The third-order valence-corrected chi connectivity index (χ3v) is 5.45. The minimum atomic E-state index is 0.205. The van der Waals surface area contributed by atoms with Crippen molar-refractivity contribution in [2.24, 2.45) is 5.41 Å². The molecule has 1 aliphatic heterocycles. The highest BCUT2D eigenvalue weighted by atomic mass is 15.3. The lowest BCUT2D eigenvalue weighted by molar-refractivity contribution is 0.0123. The van der Waals surface area contributed by atoms with Crippen molar-refractivity contribution in [1.82, 2.24) is 15.1 Å². The fraction of sp³-hybridized carbons (Fsp3) is 1.00. The van der Waals surface area contributed by atoms with Crippen molar-refractivity contribution in [2.45, 2.75) is 72.4 Å². The Morgan fingerprint density at radius 1 is 1.05 bits per heavy atom. The molecule has 1 heterocycles. The molecule has 1 aliphatic rings. The van der Waals surface area contributed by atoms with Gasteiger partial charge in [-0.15, -0.1) is 0 Å². The summed E-state index contributed by atoms with van der Waals surface area (Å²) in [5, 5.41) is 3.75. The van der Waals surface area contributed by atoms with Gasteiger partial charge in [0.2, 0.25) is 0 Å². The van der Waals surface area contributed by atoms with E-state index in [-0.39, 0.29) is 5.54 Å². The Labute approximate surface area is 133 Å². The fourth-order valence-electron chi connectivity index (χ4n) is 3.18. The molecule has 0 aromatic heterocycles. The van der Waals surface area contributed by atoms with Gasteiger partial charge in [0.1, 0.15) is 0 Å². The SMILES string of the molecule is CCC(CC)(CNC(C)(C)C)CN1CCN(C)C(C)(C)C1. The minimum Gasteiger partial charge on any atom is -0.311 e. The molecular weight excluding hydrogens is 258 g/mol. The highest BCUT2D eigenvalue weighted by Gasteiger charge is 2.36. The van der Waals surface area contributed by atoms with Crippen LogP contribution in [0.1, 0.15) is 61.3 Å². The molecule has 3 heteroatoms. The summed E-state index contributed by atoms with van der Waals surface area (Å²) in [4.78, 5) is 5.19. The first-order chi connectivity index (χ1) is 9.53. The van der Waals surface area contributed by atoms with Crippen molar-refractivity contribution in [3.05, 3.63) is 0 Å². The number of nitrogens with zero attached hydrogens (tertiary/aromatic N) is 2. The summed E-state index contributed by atoms with van der Waals surface area (Å²) in [5.74, 6) is 0. The molecule has 0 saturated carbocycles. The summed E-state index contributed by atoms with van der Waals surface area (Å²) in [6.45, 7) is 22.2. The van der Waals surface area contributed by atoms with Gasteiger partial charge >= 0.3 is 0 Å². The third-order valence-electron chi connectivity index (χ3n) is 5.45. The van der Waals surface area contributed by atoms with Crippen LogP contribution in [-0.4, -0.2) is 60.6 Å². The predicted octanol–water partition coefficient (Wildman–Crippen LogP) is 3.21. The summed E-state index contributed by atoms with van der Waals surface area (Å²) in [6, 6.07) is 0. The van der Waals surface area contributed by atoms with E-state index in [1.807, 2.05) is 0 Å². The number of piperazine rings is 1. The van der Waals surface area contributed by atoms with E-state index >= 15 is 0 Å². The maximum absolute atomic E-state index is 3.75. The molecule has 1 saturated heterocycles. The maximum Gasteiger partial charge on any atom is 0.0277 e. The monoisotopic (exact) mass is 297 g/mol. The van der Waals surface area contributed by atoms with Crippen LogP contribution in [0.3, 0.4) is 0 Å². The van der Waals surface area contributed by atoms with Crippen molar-refractivity contribution in [3.8, 4) is 0 Å². The van der Waals surface area contributed by atoms with Crippen molar-refractivity contribution in [1.29, 1.82) is 0 Å². The van der Waals surface area contributed by atoms with Crippen LogP contribution < -0.4 is 5.32 Å². The maximum atomic E-state index is 3.75. The molecule has 0 unspecified atom stereocenters. The van der Waals surface area contributed by atoms with E-state index in [1.54, 1.807) is 0 Å². The van der Waals surface area contributed by atoms with Crippen molar-refractivity contribution in [2.75, 3.05) is 39.8 Å². The van der Waals surface area contributed by atoms with Gasteiger partial charge in [0, 0.05) is 43.8 Å². The Kier molecular flexibility index (Phi) is 6.28. The minimum absolute atomic E-state index is 0.205. The van der Waals surface area contributed by atoms with E-state index in [1.165, 1.54) is 39.0 Å². The second-order valence-corrected chi connectivity index (χ2v) is 8.76. The van der Waals surface area contributed by atoms with E-state index < -0.39 is 0 Å². The quantitative estimate of drug-likeness (QED) is 0.812. The highest BCUT2D eigenvalue weighted by molar-refractivity contribution is 4.92. The second kappa shape index (κ2) is 6.97. The molecule has 0 spiro atoms. The average molecular weight is 298 g/mol. The number of rotatable bonds is 6. The average Bonchev–Trinajstić information content (AvgIpc) is 2.38.